The van der Waals surface area contributed by atoms with E-state index in [0.29, 0.717) is 13.0 Å². The van der Waals surface area contributed by atoms with Crippen molar-refractivity contribution in [3.63, 3.8) is 0 Å². The molecular formula is C10H15N3O3S3. The Morgan fingerprint density at radius 3 is 2.95 bits per heavy atom. The Bertz CT molecular complexity index is 529. The van der Waals surface area contributed by atoms with Crippen LogP contribution in [0.3, 0.4) is 0 Å². The number of carbonyl (C=O) groups excluding carboxylic acids is 1. The first-order valence-electron chi connectivity index (χ1n) is 5.90. The normalized spacial score (nSPS) is 21.4. The minimum atomic E-state index is -2.96. The van der Waals surface area contributed by atoms with Crippen LogP contribution in [0.2, 0.25) is 0 Å². The third-order valence-electron chi connectivity index (χ3n) is 2.97. The van der Waals surface area contributed by atoms with E-state index >= 15 is 0 Å². The number of amides is 1. The highest BCUT2D eigenvalue weighted by Crippen LogP contribution is 2.22. The quantitative estimate of drug-likeness (QED) is 0.741. The molecular weight excluding hydrogens is 306 g/mol. The first-order chi connectivity index (χ1) is 9.02. The van der Waals surface area contributed by atoms with Crippen molar-refractivity contribution in [1.29, 1.82) is 0 Å². The van der Waals surface area contributed by atoms with Gasteiger partial charge in [-0.3, -0.25) is 4.79 Å². The number of carbonyl (C=O) groups is 1. The van der Waals surface area contributed by atoms with Crippen molar-refractivity contribution in [2.45, 2.75) is 23.7 Å². The summed E-state index contributed by atoms with van der Waals surface area (Å²) in [4.78, 5) is 13.8. The number of aromatic nitrogens is 2. The van der Waals surface area contributed by atoms with Gasteiger partial charge >= 0.3 is 0 Å². The predicted octanol–water partition coefficient (Wildman–Crippen LogP) is 0.666. The van der Waals surface area contributed by atoms with E-state index in [1.54, 1.807) is 10.4 Å². The van der Waals surface area contributed by atoms with Gasteiger partial charge in [0, 0.05) is 12.6 Å². The molecule has 1 aliphatic heterocycles. The van der Waals surface area contributed by atoms with E-state index < -0.39 is 9.84 Å². The smallest absolute Gasteiger partial charge is 0.233 e. The summed E-state index contributed by atoms with van der Waals surface area (Å²) >= 11 is 2.73. The van der Waals surface area contributed by atoms with E-state index in [4.69, 9.17) is 0 Å². The second kappa shape index (κ2) is 6.19. The van der Waals surface area contributed by atoms with Crippen LogP contribution >= 0.6 is 23.1 Å². The van der Waals surface area contributed by atoms with Crippen molar-refractivity contribution < 1.29 is 13.2 Å². The third-order valence-corrected chi connectivity index (χ3v) is 6.56. The maximum Gasteiger partial charge on any atom is 0.233 e. The molecule has 0 N–H and O–H groups in total. The second-order valence-corrected chi connectivity index (χ2v) is 8.51. The van der Waals surface area contributed by atoms with E-state index in [1.165, 1.54) is 23.1 Å². The van der Waals surface area contributed by atoms with Gasteiger partial charge in [-0.1, -0.05) is 23.1 Å². The van der Waals surface area contributed by atoms with Gasteiger partial charge in [0.2, 0.25) is 5.91 Å². The van der Waals surface area contributed by atoms with Gasteiger partial charge in [0.25, 0.3) is 0 Å². The average Bonchev–Trinajstić information content (AvgIpc) is 2.97. The summed E-state index contributed by atoms with van der Waals surface area (Å²) in [5, 5.41) is 7.56. The fourth-order valence-electron chi connectivity index (χ4n) is 2.09. The van der Waals surface area contributed by atoms with Gasteiger partial charge in [0.1, 0.15) is 5.51 Å². The maximum atomic E-state index is 12.1. The Labute approximate surface area is 120 Å². The monoisotopic (exact) mass is 321 g/mol. The van der Waals surface area contributed by atoms with Crippen molar-refractivity contribution in [1.82, 2.24) is 15.1 Å². The Morgan fingerprint density at radius 2 is 2.42 bits per heavy atom. The Balaban J connectivity index is 1.92. The van der Waals surface area contributed by atoms with Crippen LogP contribution in [0.1, 0.15) is 13.3 Å². The molecule has 106 valence electrons. The molecule has 0 radical (unpaired) electrons. The highest BCUT2D eigenvalue weighted by atomic mass is 32.2. The van der Waals surface area contributed by atoms with Crippen molar-refractivity contribution in [3.8, 4) is 0 Å². The fraction of sp³-hybridized carbons (Fsp3) is 0.700. The van der Waals surface area contributed by atoms with Crippen molar-refractivity contribution in [3.05, 3.63) is 5.51 Å². The molecule has 0 bridgehead atoms. The SMILES string of the molecule is CCN(C(=O)CSc1nncs1)[C@@H]1CCS(=O)(=O)C1. The van der Waals surface area contributed by atoms with E-state index in [9.17, 15) is 13.2 Å². The molecule has 1 atom stereocenters. The minimum Gasteiger partial charge on any atom is -0.338 e. The zero-order valence-electron chi connectivity index (χ0n) is 10.5. The molecule has 6 nitrogen and oxygen atoms in total. The topological polar surface area (TPSA) is 80.2 Å². The van der Waals surface area contributed by atoms with Crippen LogP contribution < -0.4 is 0 Å². The number of hydrogen-bond acceptors (Lipinski definition) is 7. The Kier molecular flexibility index (Phi) is 4.80. The fourth-order valence-corrected chi connectivity index (χ4v) is 5.20. The van der Waals surface area contributed by atoms with Gasteiger partial charge in [-0.25, -0.2) is 8.42 Å². The van der Waals surface area contributed by atoms with Crippen molar-refractivity contribution in [2.24, 2.45) is 0 Å². The molecule has 1 fully saturated rings. The molecule has 0 aliphatic carbocycles. The number of sulfone groups is 1. The van der Waals surface area contributed by atoms with Crippen LogP contribution in [-0.2, 0) is 14.6 Å². The standard InChI is InChI=1S/C10H15N3O3S3/c1-2-13(8-3-4-19(15,16)6-8)9(14)5-17-10-12-11-7-18-10/h7-8H,2-6H2,1H3/t8-/m1/s1. The summed E-state index contributed by atoms with van der Waals surface area (Å²) in [6, 6.07) is -0.169. The zero-order valence-corrected chi connectivity index (χ0v) is 12.9. The van der Waals surface area contributed by atoms with Gasteiger partial charge in [-0.2, -0.15) is 0 Å². The maximum absolute atomic E-state index is 12.1. The molecule has 1 saturated heterocycles. The summed E-state index contributed by atoms with van der Waals surface area (Å²) in [6.07, 6.45) is 0.547. The van der Waals surface area contributed by atoms with Gasteiger partial charge in [-0.05, 0) is 13.3 Å². The molecule has 2 rings (SSSR count). The summed E-state index contributed by atoms with van der Waals surface area (Å²) in [5.74, 6) is 0.519. The molecule has 1 amide bonds. The molecule has 9 heteroatoms. The van der Waals surface area contributed by atoms with Gasteiger partial charge in [-0.15, -0.1) is 10.2 Å². The summed E-state index contributed by atoms with van der Waals surface area (Å²) in [6.45, 7) is 2.41. The van der Waals surface area contributed by atoms with E-state index in [2.05, 4.69) is 10.2 Å². The van der Waals surface area contributed by atoms with E-state index in [0.717, 1.165) is 4.34 Å². The highest BCUT2D eigenvalue weighted by molar-refractivity contribution is 8.01. The van der Waals surface area contributed by atoms with Crippen molar-refractivity contribution >= 4 is 38.8 Å². The van der Waals surface area contributed by atoms with Crippen molar-refractivity contribution in [2.75, 3.05) is 23.8 Å². The number of nitrogens with zero attached hydrogens (tertiary/aromatic N) is 3. The molecule has 0 spiro atoms. The second-order valence-electron chi connectivity index (χ2n) is 4.23. The summed E-state index contributed by atoms with van der Waals surface area (Å²) in [5.41, 5.74) is 1.62. The molecule has 2 heterocycles. The molecule has 1 aliphatic rings. The molecule has 0 saturated carbocycles. The average molecular weight is 321 g/mol. The largest absolute Gasteiger partial charge is 0.338 e. The van der Waals surface area contributed by atoms with Crippen LogP contribution in [0.4, 0.5) is 0 Å². The lowest BCUT2D eigenvalue weighted by atomic mass is 10.2. The summed E-state index contributed by atoms with van der Waals surface area (Å²) < 4.78 is 23.7. The molecule has 0 unspecified atom stereocenters. The highest BCUT2D eigenvalue weighted by Gasteiger charge is 2.33. The van der Waals surface area contributed by atoms with Gasteiger partial charge in [0.15, 0.2) is 14.2 Å². The van der Waals surface area contributed by atoms with Crippen LogP contribution in [0.5, 0.6) is 0 Å². The lowest BCUT2D eigenvalue weighted by Crippen LogP contribution is -2.41. The lowest BCUT2D eigenvalue weighted by Gasteiger charge is -2.26. The Morgan fingerprint density at radius 1 is 1.63 bits per heavy atom. The molecule has 1 aromatic rings. The number of thioether (sulfide) groups is 1. The third kappa shape index (κ3) is 3.90. The summed E-state index contributed by atoms with van der Waals surface area (Å²) in [7, 11) is -2.96. The first kappa shape index (κ1) is 14.7. The van der Waals surface area contributed by atoms with Gasteiger partial charge < -0.3 is 4.90 Å². The molecule has 1 aromatic heterocycles. The van der Waals surface area contributed by atoms with Crippen LogP contribution in [0.15, 0.2) is 9.85 Å². The van der Waals surface area contributed by atoms with Crippen LogP contribution in [-0.4, -0.2) is 59.3 Å². The Hall–Kier alpha value is -0.670. The van der Waals surface area contributed by atoms with Gasteiger partial charge in [0.05, 0.1) is 17.3 Å². The van der Waals surface area contributed by atoms with E-state index in [1.807, 2.05) is 6.92 Å². The predicted molar refractivity (Wildman–Crippen MR) is 75.1 cm³/mol. The molecule has 19 heavy (non-hydrogen) atoms. The first-order valence-corrected chi connectivity index (χ1v) is 9.59. The van der Waals surface area contributed by atoms with E-state index in [-0.39, 0.29) is 29.2 Å². The lowest BCUT2D eigenvalue weighted by molar-refractivity contribution is -0.129. The van der Waals surface area contributed by atoms with Crippen LogP contribution in [0, 0.1) is 0 Å². The number of hydrogen-bond donors (Lipinski definition) is 0. The van der Waals surface area contributed by atoms with Crippen LogP contribution in [0.25, 0.3) is 0 Å². The molecule has 0 aromatic carbocycles. The zero-order chi connectivity index (χ0) is 13.9. The minimum absolute atomic E-state index is 0.0372. The number of rotatable bonds is 5.